The van der Waals surface area contributed by atoms with Crippen molar-refractivity contribution < 1.29 is 4.79 Å². The van der Waals surface area contributed by atoms with Crippen molar-refractivity contribution in [2.24, 2.45) is 5.73 Å². The van der Waals surface area contributed by atoms with Crippen LogP contribution in [0.5, 0.6) is 0 Å². The molecule has 0 radical (unpaired) electrons. The molecule has 0 aliphatic carbocycles. The first-order valence-electron chi connectivity index (χ1n) is 9.01. The maximum atomic E-state index is 13.0. The minimum absolute atomic E-state index is 0.199. The Morgan fingerprint density at radius 3 is 2.62 bits per heavy atom. The maximum absolute atomic E-state index is 13.0. The van der Waals surface area contributed by atoms with Gasteiger partial charge in [-0.3, -0.25) is 9.69 Å². The molecular weight excluding hydrogens is 364 g/mol. The van der Waals surface area contributed by atoms with Gasteiger partial charge in [0.1, 0.15) is 11.9 Å². The quantitative estimate of drug-likeness (QED) is 0.585. The minimum atomic E-state index is -0.199. The van der Waals surface area contributed by atoms with Crippen LogP contribution < -0.4 is 10.6 Å². The van der Waals surface area contributed by atoms with E-state index >= 15 is 0 Å². The van der Waals surface area contributed by atoms with Crippen molar-refractivity contribution in [3.63, 3.8) is 0 Å². The second-order valence-corrected chi connectivity index (χ2v) is 6.59. The van der Waals surface area contributed by atoms with Crippen LogP contribution >= 0.6 is 0 Å². The van der Waals surface area contributed by atoms with Gasteiger partial charge in [0, 0.05) is 37.1 Å². The number of amides is 1. The Morgan fingerprint density at radius 1 is 1.17 bits per heavy atom. The fourth-order valence-electron chi connectivity index (χ4n) is 3.10. The summed E-state index contributed by atoms with van der Waals surface area (Å²) in [5.74, 6) is 0.273. The number of aromatic nitrogens is 3. The Morgan fingerprint density at radius 2 is 1.97 bits per heavy atom. The third-order valence-corrected chi connectivity index (χ3v) is 4.79. The molecule has 7 heteroatoms. The van der Waals surface area contributed by atoms with Crippen molar-refractivity contribution >= 4 is 17.2 Å². The number of pyridine rings is 2. The Balaban J connectivity index is 1.68. The Bertz CT molecular complexity index is 1220. The summed E-state index contributed by atoms with van der Waals surface area (Å²) in [5, 5.41) is 13.3. The molecule has 0 spiro atoms. The summed E-state index contributed by atoms with van der Waals surface area (Å²) in [6.07, 6.45) is 5.00. The number of rotatable bonds is 4. The smallest absolute Gasteiger partial charge is 0.259 e. The summed E-state index contributed by atoms with van der Waals surface area (Å²) in [7, 11) is 1.66. The third-order valence-electron chi connectivity index (χ3n) is 4.79. The van der Waals surface area contributed by atoms with Crippen LogP contribution in [-0.4, -0.2) is 27.6 Å². The largest absolute Gasteiger partial charge is 0.326 e. The molecule has 3 aromatic heterocycles. The molecule has 7 nitrogen and oxygen atoms in total. The van der Waals surface area contributed by atoms with Crippen molar-refractivity contribution in [2.75, 3.05) is 11.9 Å². The second-order valence-electron chi connectivity index (χ2n) is 6.59. The van der Waals surface area contributed by atoms with E-state index in [1.165, 1.54) is 11.1 Å². The van der Waals surface area contributed by atoms with Gasteiger partial charge in [0.05, 0.1) is 17.3 Å². The zero-order valence-electron chi connectivity index (χ0n) is 15.8. The predicted molar refractivity (Wildman–Crippen MR) is 110 cm³/mol. The fourth-order valence-corrected chi connectivity index (χ4v) is 3.10. The number of nitriles is 1. The summed E-state index contributed by atoms with van der Waals surface area (Å²) in [5.41, 5.74) is 10.5. The van der Waals surface area contributed by atoms with Gasteiger partial charge >= 0.3 is 0 Å². The number of carbonyl (C=O) groups excluding carboxylic acids is 1. The van der Waals surface area contributed by atoms with Gasteiger partial charge in [-0.25, -0.2) is 9.50 Å². The van der Waals surface area contributed by atoms with Crippen LogP contribution in [0.2, 0.25) is 0 Å². The Kier molecular flexibility index (Phi) is 4.77. The van der Waals surface area contributed by atoms with E-state index < -0.39 is 0 Å². The molecule has 0 fully saturated rings. The number of nitrogens with zero attached hydrogens (tertiary/aromatic N) is 5. The van der Waals surface area contributed by atoms with Crippen LogP contribution in [0.25, 0.3) is 16.6 Å². The average molecular weight is 382 g/mol. The van der Waals surface area contributed by atoms with Crippen LogP contribution in [0.4, 0.5) is 5.82 Å². The first-order valence-corrected chi connectivity index (χ1v) is 9.01. The lowest BCUT2D eigenvalue weighted by molar-refractivity contribution is 0.0992. The maximum Gasteiger partial charge on any atom is 0.259 e. The van der Waals surface area contributed by atoms with Crippen LogP contribution in [0.1, 0.15) is 21.5 Å². The van der Waals surface area contributed by atoms with E-state index in [0.717, 1.165) is 22.2 Å². The highest BCUT2D eigenvalue weighted by molar-refractivity contribution is 6.06. The monoisotopic (exact) mass is 382 g/mol. The van der Waals surface area contributed by atoms with Gasteiger partial charge in [0.2, 0.25) is 0 Å². The zero-order valence-corrected chi connectivity index (χ0v) is 15.8. The van der Waals surface area contributed by atoms with E-state index in [1.54, 1.807) is 42.2 Å². The number of nitrogens with two attached hydrogens (primary N) is 1. The lowest BCUT2D eigenvalue weighted by atomic mass is 10.0. The van der Waals surface area contributed by atoms with E-state index in [1.807, 2.05) is 36.4 Å². The molecule has 0 saturated heterocycles. The third kappa shape index (κ3) is 3.45. The van der Waals surface area contributed by atoms with Gasteiger partial charge in [-0.15, -0.1) is 0 Å². The summed E-state index contributed by atoms with van der Waals surface area (Å²) < 4.78 is 1.74. The van der Waals surface area contributed by atoms with Crippen LogP contribution in [0, 0.1) is 11.3 Å². The fraction of sp³-hybridized carbons (Fsp3) is 0.0909. The molecule has 0 saturated carbocycles. The number of hydrogen-bond donors (Lipinski definition) is 1. The van der Waals surface area contributed by atoms with E-state index in [4.69, 9.17) is 11.0 Å². The predicted octanol–water partition coefficient (Wildman–Crippen LogP) is 3.00. The molecular formula is C22H18N6O. The lowest BCUT2D eigenvalue weighted by Crippen LogP contribution is -2.27. The SMILES string of the molecule is CN(C(=O)c1ccn2ncc(-c3ccc(CN)cc3)c2c1)c1ccc(C#N)cn1. The molecule has 4 rings (SSSR count). The zero-order chi connectivity index (χ0) is 20.4. The summed E-state index contributed by atoms with van der Waals surface area (Å²) in [6, 6.07) is 16.8. The van der Waals surface area contributed by atoms with Gasteiger partial charge < -0.3 is 5.73 Å². The Hall–Kier alpha value is -4.02. The normalized spacial score (nSPS) is 10.7. The average Bonchev–Trinajstić information content (AvgIpc) is 3.21. The second kappa shape index (κ2) is 7.54. The molecule has 0 aliphatic heterocycles. The van der Waals surface area contributed by atoms with E-state index in [2.05, 4.69) is 10.1 Å². The van der Waals surface area contributed by atoms with E-state index in [0.29, 0.717) is 23.5 Å². The van der Waals surface area contributed by atoms with Gasteiger partial charge in [0.15, 0.2) is 0 Å². The lowest BCUT2D eigenvalue weighted by Gasteiger charge is -2.16. The van der Waals surface area contributed by atoms with Crippen molar-refractivity contribution in [1.29, 1.82) is 5.26 Å². The van der Waals surface area contributed by atoms with E-state index in [9.17, 15) is 4.79 Å². The highest BCUT2D eigenvalue weighted by atomic mass is 16.2. The highest BCUT2D eigenvalue weighted by Crippen LogP contribution is 2.26. The summed E-state index contributed by atoms with van der Waals surface area (Å²) in [4.78, 5) is 18.6. The molecule has 4 aromatic rings. The van der Waals surface area contributed by atoms with Crippen molar-refractivity contribution in [3.05, 3.63) is 83.8 Å². The molecule has 0 unspecified atom stereocenters. The number of benzene rings is 1. The molecule has 1 amide bonds. The van der Waals surface area contributed by atoms with Gasteiger partial charge in [-0.05, 0) is 35.4 Å². The number of hydrogen-bond acceptors (Lipinski definition) is 5. The molecule has 0 bridgehead atoms. The first kappa shape index (κ1) is 18.3. The van der Waals surface area contributed by atoms with Crippen molar-refractivity contribution in [3.8, 4) is 17.2 Å². The molecule has 1 aromatic carbocycles. The summed E-state index contributed by atoms with van der Waals surface area (Å²) >= 11 is 0. The van der Waals surface area contributed by atoms with Gasteiger partial charge in [-0.2, -0.15) is 10.4 Å². The number of anilines is 1. The first-order chi connectivity index (χ1) is 14.1. The molecule has 0 aliphatic rings. The molecule has 2 N–H and O–H groups in total. The van der Waals surface area contributed by atoms with E-state index in [-0.39, 0.29) is 5.91 Å². The van der Waals surface area contributed by atoms with Crippen LogP contribution in [-0.2, 0) is 6.54 Å². The highest BCUT2D eigenvalue weighted by Gasteiger charge is 2.17. The number of carbonyl (C=O) groups is 1. The van der Waals surface area contributed by atoms with Gasteiger partial charge in [-0.1, -0.05) is 24.3 Å². The standard InChI is InChI=1S/C22H18N6O/c1-27(21-7-4-16(12-24)13-25-21)22(29)18-8-9-28-20(10-18)19(14-26-28)17-5-2-15(11-23)3-6-17/h2-10,13-14H,11,23H2,1H3. The molecule has 29 heavy (non-hydrogen) atoms. The van der Waals surface area contributed by atoms with Crippen molar-refractivity contribution in [2.45, 2.75) is 6.54 Å². The van der Waals surface area contributed by atoms with Crippen LogP contribution in [0.15, 0.2) is 67.1 Å². The molecule has 3 heterocycles. The summed E-state index contributed by atoms with van der Waals surface area (Å²) in [6.45, 7) is 0.489. The number of fused-ring (bicyclic) bond motifs is 1. The van der Waals surface area contributed by atoms with Crippen LogP contribution in [0.3, 0.4) is 0 Å². The Labute approximate surface area is 167 Å². The topological polar surface area (TPSA) is 100 Å². The van der Waals surface area contributed by atoms with Crippen molar-refractivity contribution in [1.82, 2.24) is 14.6 Å². The minimum Gasteiger partial charge on any atom is -0.326 e. The molecule has 142 valence electrons. The molecule has 0 atom stereocenters. The van der Waals surface area contributed by atoms with Gasteiger partial charge in [0.25, 0.3) is 5.91 Å².